The second kappa shape index (κ2) is 9.48. The number of thioether (sulfide) groups is 1. The highest BCUT2D eigenvalue weighted by atomic mass is 32.2. The number of nitrogens with zero attached hydrogens (tertiary/aromatic N) is 3. The summed E-state index contributed by atoms with van der Waals surface area (Å²) in [6, 6.07) is 16.7. The number of hydrogen-bond donors (Lipinski definition) is 1. The minimum Gasteiger partial charge on any atom is -0.485 e. The number of carbonyl (C=O) groups is 2. The van der Waals surface area contributed by atoms with Crippen LogP contribution in [-0.2, 0) is 16.1 Å². The van der Waals surface area contributed by atoms with Gasteiger partial charge in [-0.05, 0) is 12.1 Å². The molecule has 1 N–H and O–H groups in total. The maximum Gasteiger partial charge on any atom is 0.271 e. The molecule has 1 aromatic heterocycles. The molecule has 0 saturated heterocycles. The molecule has 9 heteroatoms. The molecule has 31 heavy (non-hydrogen) atoms. The number of fused-ring (bicyclic) bond motifs is 1. The van der Waals surface area contributed by atoms with Crippen LogP contribution in [0.5, 0.6) is 11.5 Å². The van der Waals surface area contributed by atoms with E-state index in [9.17, 15) is 9.59 Å². The second-order valence-corrected chi connectivity index (χ2v) is 7.58. The molecule has 8 nitrogen and oxygen atoms in total. The van der Waals surface area contributed by atoms with E-state index in [1.165, 1.54) is 11.8 Å². The Labute approximate surface area is 183 Å². The maximum atomic E-state index is 12.4. The fourth-order valence-corrected chi connectivity index (χ4v) is 3.77. The Bertz CT molecular complexity index is 1100. The third-order valence-electron chi connectivity index (χ3n) is 4.46. The molecule has 0 saturated carbocycles. The summed E-state index contributed by atoms with van der Waals surface area (Å²) in [5, 5.41) is 11.4. The zero-order valence-electron chi connectivity index (χ0n) is 16.6. The average Bonchev–Trinajstić information content (AvgIpc) is 3.20. The molecular formula is C22H20N4O4S. The predicted octanol–water partition coefficient (Wildman–Crippen LogP) is 2.71. The minimum absolute atomic E-state index is 0.0000298. The molecular weight excluding hydrogens is 416 g/mol. The first-order valence-electron chi connectivity index (χ1n) is 9.60. The zero-order chi connectivity index (χ0) is 21.6. The zero-order valence-corrected chi connectivity index (χ0v) is 17.4. The molecule has 2 amide bonds. The molecule has 1 atom stereocenters. The normalized spacial score (nSPS) is 14.6. The van der Waals surface area contributed by atoms with E-state index in [1.807, 2.05) is 41.0 Å². The summed E-state index contributed by atoms with van der Waals surface area (Å²) in [5.74, 6) is 0.737. The van der Waals surface area contributed by atoms with Crippen LogP contribution in [0.2, 0.25) is 0 Å². The van der Waals surface area contributed by atoms with Gasteiger partial charge >= 0.3 is 0 Å². The van der Waals surface area contributed by atoms with E-state index >= 15 is 0 Å². The van der Waals surface area contributed by atoms with Crippen molar-refractivity contribution in [3.05, 3.63) is 67.3 Å². The number of benzene rings is 2. The molecule has 3 aromatic rings. The number of carbonyl (C=O) groups excluding carboxylic acids is 2. The number of ether oxygens (including phenoxy) is 2. The van der Waals surface area contributed by atoms with Crippen LogP contribution in [0, 0.1) is 0 Å². The van der Waals surface area contributed by atoms with Crippen LogP contribution in [0.1, 0.15) is 0 Å². The van der Waals surface area contributed by atoms with E-state index in [0.29, 0.717) is 29.0 Å². The number of hydrogen-bond acceptors (Lipinski definition) is 7. The highest BCUT2D eigenvalue weighted by molar-refractivity contribution is 7.99. The van der Waals surface area contributed by atoms with E-state index in [0.717, 1.165) is 5.56 Å². The third kappa shape index (κ3) is 4.77. The summed E-state index contributed by atoms with van der Waals surface area (Å²) in [5.41, 5.74) is 0.915. The van der Waals surface area contributed by atoms with E-state index < -0.39 is 17.9 Å². The first kappa shape index (κ1) is 20.7. The Morgan fingerprint density at radius 2 is 1.87 bits per heavy atom. The summed E-state index contributed by atoms with van der Waals surface area (Å²) in [7, 11) is 0. The highest BCUT2D eigenvalue weighted by Gasteiger charge is 2.28. The van der Waals surface area contributed by atoms with Gasteiger partial charge in [-0.25, -0.2) is 0 Å². The molecule has 158 valence electrons. The monoisotopic (exact) mass is 436 g/mol. The molecule has 4 rings (SSSR count). The van der Waals surface area contributed by atoms with Crippen molar-refractivity contribution in [1.82, 2.24) is 20.1 Å². The Morgan fingerprint density at radius 3 is 2.65 bits per heavy atom. The molecule has 1 aliphatic heterocycles. The molecule has 0 fully saturated rings. The lowest BCUT2D eigenvalue weighted by Crippen LogP contribution is -2.46. The molecule has 0 unspecified atom stereocenters. The molecule has 0 bridgehead atoms. The van der Waals surface area contributed by atoms with Crippen molar-refractivity contribution in [2.75, 3.05) is 12.4 Å². The fraction of sp³-hybridized carbons (Fsp3) is 0.182. The van der Waals surface area contributed by atoms with Gasteiger partial charge in [0, 0.05) is 12.1 Å². The Morgan fingerprint density at radius 1 is 1.13 bits per heavy atom. The lowest BCUT2D eigenvalue weighted by molar-refractivity contribution is -0.135. The van der Waals surface area contributed by atoms with Gasteiger partial charge in [-0.15, -0.1) is 16.8 Å². The standard InChI is InChI=1S/C22H20N4O4S/c1-2-12-26-20(15-8-4-3-5-9-15)24-25-22(26)31-14-19(27)23-21(28)18-13-29-16-10-6-7-11-17(16)30-18/h2-11,18H,1,12-14H2,(H,23,27,28)/t18-/m1/s1. The lowest BCUT2D eigenvalue weighted by atomic mass is 10.2. The first-order chi connectivity index (χ1) is 15.2. The number of imide groups is 1. The first-order valence-corrected chi connectivity index (χ1v) is 10.6. The summed E-state index contributed by atoms with van der Waals surface area (Å²) >= 11 is 1.19. The summed E-state index contributed by atoms with van der Waals surface area (Å²) in [4.78, 5) is 24.7. The van der Waals surface area contributed by atoms with E-state index in [4.69, 9.17) is 9.47 Å². The fourth-order valence-electron chi connectivity index (χ4n) is 3.02. The Hall–Kier alpha value is -3.59. The number of para-hydroxylation sites is 2. The van der Waals surface area contributed by atoms with Crippen molar-refractivity contribution in [3.63, 3.8) is 0 Å². The van der Waals surface area contributed by atoms with Gasteiger partial charge < -0.3 is 9.47 Å². The SMILES string of the molecule is C=CCn1c(SCC(=O)NC(=O)[C@H]2COc3ccccc3O2)nnc1-c1ccccc1. The van der Waals surface area contributed by atoms with Gasteiger partial charge in [-0.3, -0.25) is 19.5 Å². The van der Waals surface area contributed by atoms with E-state index in [-0.39, 0.29) is 12.4 Å². The topological polar surface area (TPSA) is 95.3 Å². The van der Waals surface area contributed by atoms with Crippen LogP contribution in [0.15, 0.2) is 72.4 Å². The van der Waals surface area contributed by atoms with Crippen LogP contribution in [0.25, 0.3) is 11.4 Å². The number of nitrogens with one attached hydrogen (secondary N) is 1. The van der Waals surface area contributed by atoms with Crippen LogP contribution in [0.4, 0.5) is 0 Å². The van der Waals surface area contributed by atoms with Crippen molar-refractivity contribution in [2.45, 2.75) is 17.8 Å². The number of aromatic nitrogens is 3. The lowest BCUT2D eigenvalue weighted by Gasteiger charge is -2.25. The summed E-state index contributed by atoms with van der Waals surface area (Å²) in [6.07, 6.45) is 0.847. The largest absolute Gasteiger partial charge is 0.485 e. The molecule has 0 aliphatic carbocycles. The average molecular weight is 436 g/mol. The number of amides is 2. The van der Waals surface area contributed by atoms with Gasteiger partial charge in [0.1, 0.15) is 6.61 Å². The van der Waals surface area contributed by atoms with Crippen molar-refractivity contribution < 1.29 is 19.1 Å². The van der Waals surface area contributed by atoms with Crippen LogP contribution in [-0.4, -0.2) is 45.0 Å². The number of rotatable bonds is 7. The third-order valence-corrected chi connectivity index (χ3v) is 5.42. The summed E-state index contributed by atoms with van der Waals surface area (Å²) in [6.45, 7) is 4.31. The molecule has 2 heterocycles. The van der Waals surface area contributed by atoms with Crippen molar-refractivity contribution in [1.29, 1.82) is 0 Å². The minimum atomic E-state index is -0.891. The van der Waals surface area contributed by atoms with E-state index in [1.54, 1.807) is 24.3 Å². The van der Waals surface area contributed by atoms with Gasteiger partial charge in [-0.2, -0.15) is 0 Å². The van der Waals surface area contributed by atoms with Gasteiger partial charge in [0.15, 0.2) is 22.5 Å². The van der Waals surface area contributed by atoms with E-state index in [2.05, 4.69) is 22.1 Å². The molecule has 1 aliphatic rings. The Kier molecular flexibility index (Phi) is 6.32. The van der Waals surface area contributed by atoms with Crippen molar-refractivity contribution in [2.24, 2.45) is 0 Å². The van der Waals surface area contributed by atoms with Gasteiger partial charge in [-0.1, -0.05) is 60.3 Å². The van der Waals surface area contributed by atoms with Crippen molar-refractivity contribution in [3.8, 4) is 22.9 Å². The van der Waals surface area contributed by atoms with Crippen LogP contribution >= 0.6 is 11.8 Å². The summed E-state index contributed by atoms with van der Waals surface area (Å²) < 4.78 is 13.0. The molecule has 0 radical (unpaired) electrons. The van der Waals surface area contributed by atoms with Gasteiger partial charge in [0.25, 0.3) is 5.91 Å². The van der Waals surface area contributed by atoms with Crippen molar-refractivity contribution >= 4 is 23.6 Å². The van der Waals surface area contributed by atoms with Gasteiger partial charge in [0.2, 0.25) is 12.0 Å². The number of allylic oxidation sites excluding steroid dienone is 1. The maximum absolute atomic E-state index is 12.4. The molecule has 0 spiro atoms. The smallest absolute Gasteiger partial charge is 0.271 e. The van der Waals surface area contributed by atoms with Crippen LogP contribution < -0.4 is 14.8 Å². The predicted molar refractivity (Wildman–Crippen MR) is 116 cm³/mol. The molecule has 2 aromatic carbocycles. The highest BCUT2D eigenvalue weighted by Crippen LogP contribution is 2.31. The Balaban J connectivity index is 1.36. The quantitative estimate of drug-likeness (QED) is 0.449. The second-order valence-electron chi connectivity index (χ2n) is 6.64. The van der Waals surface area contributed by atoms with Crippen LogP contribution in [0.3, 0.4) is 0 Å². The van der Waals surface area contributed by atoms with Gasteiger partial charge in [0.05, 0.1) is 5.75 Å².